The van der Waals surface area contributed by atoms with Gasteiger partial charge in [0.1, 0.15) is 30.3 Å². The predicted molar refractivity (Wildman–Crippen MR) is 201 cm³/mol. The van der Waals surface area contributed by atoms with Crippen molar-refractivity contribution in [2.45, 2.75) is 106 Å². The highest BCUT2D eigenvalue weighted by atomic mass is 17.3. The number of alkyl carbamates (subject to hydrolysis) is 1. The summed E-state index contributed by atoms with van der Waals surface area (Å²) in [5.74, 6) is 0.504. The smallest absolute Gasteiger partial charge is 0.408 e. The van der Waals surface area contributed by atoms with Crippen LogP contribution in [0, 0.1) is 29.6 Å². The number of anilines is 1. The van der Waals surface area contributed by atoms with Crippen LogP contribution in [0.2, 0.25) is 0 Å². The third-order valence-corrected chi connectivity index (χ3v) is 13.3. The third kappa shape index (κ3) is 7.09. The van der Waals surface area contributed by atoms with E-state index in [9.17, 15) is 19.8 Å². The standard InChI is InChI=1S/C40H53N7O10/c1-46(2)34-32-35(43-20-42-34)47(21-44-32)37-33(49)29(31(19-48)54-37)18-41-36(50)30(16-22-6-8-27(52-3)9-7-22)45-38(51)53-28-5-4-10-39(17-28)55-40(57-56-39)25-12-23-11-24(14-25)15-26(40)13-23/h6-9,20-21,23-26,28-31,33,37,48-49H,4-5,10-19H2,1-3H3,(H,41,50)(H,45,51). The number of aliphatic hydroxyl groups excluding tert-OH is 2. The topological polar surface area (TPSA) is 201 Å². The van der Waals surface area contributed by atoms with E-state index < -0.39 is 66.7 Å². The molecule has 2 saturated heterocycles. The Balaban J connectivity index is 0.861. The Hall–Kier alpha value is -4.13. The lowest BCUT2D eigenvalue weighted by molar-refractivity contribution is -0.390. The zero-order valence-electron chi connectivity index (χ0n) is 32.6. The number of imidazole rings is 1. The van der Waals surface area contributed by atoms with E-state index >= 15 is 0 Å². The van der Waals surface area contributed by atoms with Crippen LogP contribution in [0.15, 0.2) is 36.9 Å². The second-order valence-corrected chi connectivity index (χ2v) is 17.1. The lowest BCUT2D eigenvalue weighted by atomic mass is 9.53. The van der Waals surface area contributed by atoms with E-state index in [0.717, 1.165) is 49.5 Å². The molecule has 1 aromatic carbocycles. The monoisotopic (exact) mass is 791 g/mol. The fraction of sp³-hybridized carbons (Fsp3) is 0.675. The minimum Gasteiger partial charge on any atom is -0.497 e. The van der Waals surface area contributed by atoms with Crippen molar-refractivity contribution >= 4 is 29.0 Å². The number of amides is 2. The number of benzene rings is 1. The van der Waals surface area contributed by atoms with Crippen molar-refractivity contribution in [1.82, 2.24) is 30.2 Å². The van der Waals surface area contributed by atoms with Gasteiger partial charge in [0.15, 0.2) is 23.2 Å². The molecule has 2 aromatic heterocycles. The number of nitrogens with zero attached hydrogens (tertiary/aromatic N) is 5. The summed E-state index contributed by atoms with van der Waals surface area (Å²) in [4.78, 5) is 54.8. The summed E-state index contributed by atoms with van der Waals surface area (Å²) in [5, 5.41) is 27.5. The largest absolute Gasteiger partial charge is 0.497 e. The average molecular weight is 792 g/mol. The van der Waals surface area contributed by atoms with Gasteiger partial charge in [0.2, 0.25) is 17.5 Å². The summed E-state index contributed by atoms with van der Waals surface area (Å²) >= 11 is 0. The van der Waals surface area contributed by atoms with Gasteiger partial charge in [0.05, 0.1) is 26.1 Å². The van der Waals surface area contributed by atoms with Crippen LogP contribution in [0.3, 0.4) is 0 Å². The van der Waals surface area contributed by atoms with Crippen molar-refractivity contribution in [2.75, 3.05) is 39.3 Å². The van der Waals surface area contributed by atoms with Crippen LogP contribution >= 0.6 is 0 Å². The number of aromatic nitrogens is 4. The minimum atomic E-state index is -1.14. The molecule has 2 aliphatic heterocycles. The summed E-state index contributed by atoms with van der Waals surface area (Å²) < 4.78 is 25.9. The molecule has 5 aliphatic carbocycles. The maximum atomic E-state index is 14.0. The molecule has 17 nitrogen and oxygen atoms in total. The average Bonchev–Trinajstić information content (AvgIpc) is 3.89. The number of carbonyl (C=O) groups excluding carboxylic acids is 2. The highest BCUT2D eigenvalue weighted by Gasteiger charge is 2.67. The SMILES string of the molecule is COc1ccc(CC(NC(=O)OC2CCCC3(C2)OOC2(O3)C3CC4CC(C3)CC2C4)C(=O)NCC2C(CO)OC(n3cnc4c(N(C)C)ncnc43)C2O)cc1. The molecule has 2 amide bonds. The summed E-state index contributed by atoms with van der Waals surface area (Å²) in [6.07, 6.45) is 7.03. The van der Waals surface area contributed by atoms with Gasteiger partial charge in [-0.25, -0.2) is 19.7 Å². The highest BCUT2D eigenvalue weighted by molar-refractivity contribution is 5.86. The molecule has 7 unspecified atom stereocenters. The van der Waals surface area contributed by atoms with E-state index in [1.54, 1.807) is 23.8 Å². The van der Waals surface area contributed by atoms with Gasteiger partial charge in [-0.15, -0.1) is 0 Å². The number of fused-ring (bicyclic) bond motifs is 1. The quantitative estimate of drug-likeness (QED) is 0.207. The second-order valence-electron chi connectivity index (χ2n) is 17.1. The number of nitrogens with one attached hydrogen (secondary N) is 2. The molecular weight excluding hydrogens is 738 g/mol. The first-order valence-electron chi connectivity index (χ1n) is 20.3. The molecule has 2 spiro atoms. The van der Waals surface area contributed by atoms with Crippen LogP contribution in [0.1, 0.15) is 69.6 Å². The molecular formula is C40H53N7O10. The van der Waals surface area contributed by atoms with Crippen molar-refractivity contribution < 1.29 is 48.5 Å². The van der Waals surface area contributed by atoms with Gasteiger partial charge in [-0.05, 0) is 74.5 Å². The maximum Gasteiger partial charge on any atom is 0.408 e. The molecule has 4 heterocycles. The normalized spacial score (nSPS) is 35.8. The van der Waals surface area contributed by atoms with Gasteiger partial charge < -0.3 is 44.7 Å². The molecule has 57 heavy (non-hydrogen) atoms. The molecule has 308 valence electrons. The summed E-state index contributed by atoms with van der Waals surface area (Å²) in [6.45, 7) is -0.448. The van der Waals surface area contributed by atoms with E-state index in [1.807, 2.05) is 31.1 Å². The lowest BCUT2D eigenvalue weighted by Crippen LogP contribution is -2.59. The van der Waals surface area contributed by atoms with Gasteiger partial charge in [-0.1, -0.05) is 12.1 Å². The van der Waals surface area contributed by atoms with Crippen LogP contribution < -0.4 is 20.3 Å². The van der Waals surface area contributed by atoms with Crippen LogP contribution in [-0.4, -0.2) is 112 Å². The Kier molecular flexibility index (Phi) is 10.3. The molecule has 17 heteroatoms. The maximum absolute atomic E-state index is 14.0. The van der Waals surface area contributed by atoms with Crippen LogP contribution in [-0.2, 0) is 35.2 Å². The molecule has 7 fully saturated rings. The Morgan fingerprint density at radius 3 is 2.51 bits per heavy atom. The van der Waals surface area contributed by atoms with Gasteiger partial charge in [-0.2, -0.15) is 9.78 Å². The zero-order chi connectivity index (χ0) is 39.5. The first-order valence-corrected chi connectivity index (χ1v) is 20.3. The fourth-order valence-electron chi connectivity index (χ4n) is 10.7. The van der Waals surface area contributed by atoms with E-state index in [0.29, 0.717) is 53.8 Å². The van der Waals surface area contributed by atoms with Gasteiger partial charge in [0, 0.05) is 57.7 Å². The van der Waals surface area contributed by atoms with Crippen molar-refractivity contribution in [3.63, 3.8) is 0 Å². The Bertz CT molecular complexity index is 1920. The number of hydrogen-bond donors (Lipinski definition) is 4. The number of hydrogen-bond acceptors (Lipinski definition) is 14. The molecule has 7 atom stereocenters. The number of aliphatic hydroxyl groups is 2. The summed E-state index contributed by atoms with van der Waals surface area (Å²) in [5.41, 5.74) is 1.76. The van der Waals surface area contributed by atoms with Crippen molar-refractivity contribution in [3.05, 3.63) is 42.5 Å². The molecule has 4 N–H and O–H groups in total. The Morgan fingerprint density at radius 1 is 1.05 bits per heavy atom. The third-order valence-electron chi connectivity index (χ3n) is 13.3. The highest BCUT2D eigenvalue weighted by Crippen LogP contribution is 2.63. The number of methoxy groups -OCH3 is 1. The minimum absolute atomic E-state index is 0.0484. The van der Waals surface area contributed by atoms with Crippen LogP contribution in [0.25, 0.3) is 11.2 Å². The predicted octanol–water partition coefficient (Wildman–Crippen LogP) is 2.99. The van der Waals surface area contributed by atoms with E-state index in [-0.39, 0.29) is 13.0 Å². The molecule has 7 aliphatic rings. The Morgan fingerprint density at radius 2 is 1.81 bits per heavy atom. The summed E-state index contributed by atoms with van der Waals surface area (Å²) in [6, 6.07) is 6.19. The molecule has 5 saturated carbocycles. The number of carbonyl (C=O) groups is 2. The van der Waals surface area contributed by atoms with E-state index in [1.165, 1.54) is 19.1 Å². The first-order chi connectivity index (χ1) is 27.6. The van der Waals surface area contributed by atoms with E-state index in [2.05, 4.69) is 25.6 Å². The van der Waals surface area contributed by atoms with Crippen LogP contribution in [0.4, 0.5) is 10.6 Å². The van der Waals surface area contributed by atoms with Crippen LogP contribution in [0.5, 0.6) is 5.75 Å². The van der Waals surface area contributed by atoms with Crippen molar-refractivity contribution in [2.24, 2.45) is 29.6 Å². The van der Waals surface area contributed by atoms with E-state index in [4.69, 9.17) is 28.7 Å². The van der Waals surface area contributed by atoms with Gasteiger partial charge in [-0.3, -0.25) is 9.36 Å². The van der Waals surface area contributed by atoms with Gasteiger partial charge >= 0.3 is 6.09 Å². The Labute approximate surface area is 330 Å². The first kappa shape index (κ1) is 38.4. The second kappa shape index (κ2) is 15.2. The van der Waals surface area contributed by atoms with Gasteiger partial charge in [0.25, 0.3) is 0 Å². The molecule has 0 radical (unpaired) electrons. The zero-order valence-corrected chi connectivity index (χ0v) is 32.6. The molecule has 10 rings (SSSR count). The lowest BCUT2D eigenvalue weighted by Gasteiger charge is -2.57. The molecule has 3 aromatic rings. The fourth-order valence-corrected chi connectivity index (χ4v) is 10.7. The van der Waals surface area contributed by atoms with Crippen molar-refractivity contribution in [1.29, 1.82) is 0 Å². The molecule has 4 bridgehead atoms. The number of rotatable bonds is 11. The van der Waals surface area contributed by atoms with Crippen molar-refractivity contribution in [3.8, 4) is 5.75 Å². The number of ether oxygens (including phenoxy) is 4. The summed E-state index contributed by atoms with van der Waals surface area (Å²) in [7, 11) is 5.26.